The van der Waals surface area contributed by atoms with E-state index in [9.17, 15) is 0 Å². The maximum atomic E-state index is 5.12. The van der Waals surface area contributed by atoms with E-state index in [1.54, 1.807) is 0 Å². The van der Waals surface area contributed by atoms with Gasteiger partial charge in [-0.2, -0.15) is 0 Å². The Morgan fingerprint density at radius 3 is 1.58 bits per heavy atom. The molecule has 1 aromatic heterocycles. The van der Waals surface area contributed by atoms with Crippen molar-refractivity contribution in [2.45, 2.75) is 0 Å². The Morgan fingerprint density at radius 2 is 0.844 bits per heavy atom. The van der Waals surface area contributed by atoms with Gasteiger partial charge in [0, 0.05) is 0 Å². The van der Waals surface area contributed by atoms with Gasteiger partial charge in [-0.15, -0.1) is 0 Å². The van der Waals surface area contributed by atoms with Crippen molar-refractivity contribution in [2.24, 2.45) is 0 Å². The van der Waals surface area contributed by atoms with Gasteiger partial charge in [-0.1, -0.05) is 0 Å². The van der Waals surface area contributed by atoms with Gasteiger partial charge in [-0.3, -0.25) is 0 Å². The molecule has 0 aliphatic carbocycles. The molecular weight excluding hydrogens is 613 g/mol. The van der Waals surface area contributed by atoms with Crippen LogP contribution in [0.1, 0.15) is 0 Å². The summed E-state index contributed by atoms with van der Waals surface area (Å²) in [5, 5.41) is 4.80. The van der Waals surface area contributed by atoms with Crippen LogP contribution in [0.25, 0.3) is 78.0 Å². The third kappa shape index (κ3) is 5.32. The van der Waals surface area contributed by atoms with Crippen molar-refractivity contribution in [3.63, 3.8) is 0 Å². The number of hydrogen-bond acceptors (Lipinski definition) is 3. The summed E-state index contributed by atoms with van der Waals surface area (Å²) in [4.78, 5) is 15.2. The fraction of sp³-hybridized carbons (Fsp3) is 0. The van der Waals surface area contributed by atoms with Gasteiger partial charge in [0.05, 0.1) is 0 Å². The summed E-state index contributed by atoms with van der Waals surface area (Å²) in [7, 11) is 0. The average molecular weight is 641 g/mol. The first kappa shape index (κ1) is 27.2. The second-order valence-electron chi connectivity index (χ2n) is 11.1. The Balaban J connectivity index is 1.30. The zero-order valence-corrected chi connectivity index (χ0v) is 26.2. The summed E-state index contributed by atoms with van der Waals surface area (Å²) < 4.78 is 1.10. The molecule has 0 spiro atoms. The molecule has 45 heavy (non-hydrogen) atoms. The minimum atomic E-state index is 0.644. The van der Waals surface area contributed by atoms with E-state index in [1.165, 1.54) is 21.7 Å². The van der Waals surface area contributed by atoms with Gasteiger partial charge in [0.2, 0.25) is 0 Å². The van der Waals surface area contributed by atoms with E-state index in [0.717, 1.165) is 43.2 Å². The van der Waals surface area contributed by atoms with Crippen LogP contribution in [0.5, 0.6) is 0 Å². The standard InChI is InChI=1S/C41H27N3Se/c45-37-19-9-18-36(38(37)34-17-8-16-32(25-34)33-22-20-27-10-4-6-14-30(27)24-33)41-43-39(29-12-2-1-3-13-29)42-40(44-41)35-23-21-28-11-5-7-15-31(28)26-35/h1-26,45H. The molecule has 0 atom stereocenters. The number of hydrogen-bond donors (Lipinski definition) is 0. The molecule has 0 saturated carbocycles. The molecule has 0 fully saturated rings. The van der Waals surface area contributed by atoms with Crippen LogP contribution in [-0.2, 0) is 0 Å². The zero-order chi connectivity index (χ0) is 30.2. The molecule has 0 N–H and O–H groups in total. The summed E-state index contributed by atoms with van der Waals surface area (Å²) in [5.41, 5.74) is 7.42. The molecule has 0 radical (unpaired) electrons. The van der Waals surface area contributed by atoms with Crippen LogP contribution in [0, 0.1) is 0 Å². The molecule has 0 aliphatic rings. The summed E-state index contributed by atoms with van der Waals surface area (Å²) >= 11 is 2.73. The first-order valence-electron chi connectivity index (χ1n) is 14.9. The topological polar surface area (TPSA) is 38.7 Å². The Kier molecular flexibility index (Phi) is 7.00. The van der Waals surface area contributed by atoms with Gasteiger partial charge in [0.25, 0.3) is 0 Å². The van der Waals surface area contributed by atoms with E-state index in [-0.39, 0.29) is 0 Å². The zero-order valence-electron chi connectivity index (χ0n) is 24.3. The third-order valence-electron chi connectivity index (χ3n) is 8.19. The number of aromatic nitrogens is 3. The summed E-state index contributed by atoms with van der Waals surface area (Å²) in [6.07, 6.45) is 0. The number of fused-ring (bicyclic) bond motifs is 2. The molecule has 7 aromatic carbocycles. The predicted molar refractivity (Wildman–Crippen MR) is 189 cm³/mol. The van der Waals surface area contributed by atoms with Gasteiger partial charge in [0.15, 0.2) is 0 Å². The summed E-state index contributed by atoms with van der Waals surface area (Å²) in [6.45, 7) is 0. The Hall–Kier alpha value is -5.41. The Bertz CT molecular complexity index is 2350. The van der Waals surface area contributed by atoms with Crippen molar-refractivity contribution in [1.29, 1.82) is 0 Å². The summed E-state index contributed by atoms with van der Waals surface area (Å²) in [5.74, 6) is 1.94. The van der Waals surface area contributed by atoms with Crippen LogP contribution >= 0.6 is 0 Å². The van der Waals surface area contributed by atoms with Crippen LogP contribution in [0.3, 0.4) is 0 Å². The number of rotatable bonds is 5. The quantitative estimate of drug-likeness (QED) is 0.176. The molecule has 0 aliphatic heterocycles. The normalized spacial score (nSPS) is 11.2. The summed E-state index contributed by atoms with van der Waals surface area (Å²) in [6, 6.07) is 55.1. The molecular formula is C41H27N3Se. The second kappa shape index (κ2) is 11.6. The molecule has 212 valence electrons. The second-order valence-corrected chi connectivity index (χ2v) is 12.1. The number of nitrogens with zero attached hydrogens (tertiary/aromatic N) is 3. The molecule has 8 rings (SSSR count). The maximum absolute atomic E-state index is 5.12. The number of benzene rings is 7. The van der Waals surface area contributed by atoms with Crippen LogP contribution in [-0.4, -0.2) is 31.0 Å². The molecule has 8 aromatic rings. The third-order valence-corrected chi connectivity index (χ3v) is 8.97. The molecule has 0 bridgehead atoms. The monoisotopic (exact) mass is 641 g/mol. The SMILES string of the molecule is [SeH]c1cccc(-c2nc(-c3ccccc3)nc(-c3ccc4ccccc4c3)n2)c1-c1cccc(-c2ccc3ccccc3c2)c1. The van der Waals surface area contributed by atoms with Crippen molar-refractivity contribution in [3.8, 4) is 56.4 Å². The van der Waals surface area contributed by atoms with Crippen molar-refractivity contribution in [3.05, 3.63) is 158 Å². The van der Waals surface area contributed by atoms with E-state index in [0.29, 0.717) is 17.5 Å². The van der Waals surface area contributed by atoms with Gasteiger partial charge in [-0.05, 0) is 0 Å². The van der Waals surface area contributed by atoms with Gasteiger partial charge >= 0.3 is 271 Å². The Morgan fingerprint density at radius 1 is 0.333 bits per heavy atom. The van der Waals surface area contributed by atoms with Crippen LogP contribution in [0.4, 0.5) is 0 Å². The average Bonchev–Trinajstić information content (AvgIpc) is 3.11. The molecule has 0 amide bonds. The van der Waals surface area contributed by atoms with Gasteiger partial charge in [-0.25, -0.2) is 0 Å². The van der Waals surface area contributed by atoms with Crippen molar-refractivity contribution >= 4 is 42.0 Å². The van der Waals surface area contributed by atoms with E-state index in [1.807, 2.05) is 30.3 Å². The van der Waals surface area contributed by atoms with Crippen LogP contribution < -0.4 is 4.46 Å². The van der Waals surface area contributed by atoms with Crippen LogP contribution in [0.15, 0.2) is 158 Å². The van der Waals surface area contributed by atoms with E-state index in [2.05, 4.69) is 143 Å². The van der Waals surface area contributed by atoms with Crippen LogP contribution in [0.2, 0.25) is 0 Å². The fourth-order valence-corrected chi connectivity index (χ4v) is 6.63. The van der Waals surface area contributed by atoms with Gasteiger partial charge in [0.1, 0.15) is 0 Å². The Labute approximate surface area is 270 Å². The molecule has 0 unspecified atom stereocenters. The predicted octanol–water partition coefficient (Wildman–Crippen LogP) is 9.04. The first-order valence-corrected chi connectivity index (χ1v) is 15.9. The van der Waals surface area contributed by atoms with E-state index < -0.39 is 0 Å². The van der Waals surface area contributed by atoms with Crippen molar-refractivity contribution < 1.29 is 0 Å². The van der Waals surface area contributed by atoms with Crippen molar-refractivity contribution in [2.75, 3.05) is 0 Å². The molecule has 1 heterocycles. The minimum absolute atomic E-state index is 0.644. The van der Waals surface area contributed by atoms with Gasteiger partial charge < -0.3 is 0 Å². The fourth-order valence-electron chi connectivity index (χ4n) is 5.92. The molecule has 3 nitrogen and oxygen atoms in total. The van der Waals surface area contributed by atoms with E-state index in [4.69, 9.17) is 15.0 Å². The first-order chi connectivity index (χ1) is 22.2. The van der Waals surface area contributed by atoms with Crippen molar-refractivity contribution in [1.82, 2.24) is 15.0 Å². The molecule has 0 saturated heterocycles. The van der Waals surface area contributed by atoms with E-state index >= 15 is 0 Å². The molecule has 4 heteroatoms.